The van der Waals surface area contributed by atoms with Crippen molar-refractivity contribution in [3.8, 4) is 0 Å². The summed E-state index contributed by atoms with van der Waals surface area (Å²) >= 11 is 0. The van der Waals surface area contributed by atoms with Crippen LogP contribution in [0.5, 0.6) is 0 Å². The number of hydrogen-bond donors (Lipinski definition) is 1. The van der Waals surface area contributed by atoms with Gasteiger partial charge in [-0.3, -0.25) is 14.5 Å². The number of amides is 1. The molecule has 1 aromatic rings. The van der Waals surface area contributed by atoms with Crippen molar-refractivity contribution in [3.05, 3.63) is 29.8 Å². The third kappa shape index (κ3) is 4.33. The minimum atomic E-state index is -3.68. The fourth-order valence-corrected chi connectivity index (χ4v) is 4.44. The number of carbonyl (C=O) groups is 2. The number of nitrogens with one attached hydrogen (secondary N) is 1. The Labute approximate surface area is 163 Å². The van der Waals surface area contributed by atoms with Gasteiger partial charge in [0.2, 0.25) is 0 Å². The Balaban J connectivity index is 1.61. The molecule has 1 fully saturated rings. The van der Waals surface area contributed by atoms with E-state index in [1.807, 2.05) is 13.8 Å². The molecule has 28 heavy (non-hydrogen) atoms. The number of benzene rings is 1. The van der Waals surface area contributed by atoms with E-state index in [0.717, 1.165) is 0 Å². The number of sulfonamides is 1. The molecule has 2 aliphatic rings. The number of hydrogen-bond acceptors (Lipinski definition) is 7. The van der Waals surface area contributed by atoms with Gasteiger partial charge in [-0.25, -0.2) is 13.2 Å². The summed E-state index contributed by atoms with van der Waals surface area (Å²) in [5.74, 6) is -0.928. The zero-order chi connectivity index (χ0) is 20.5. The van der Waals surface area contributed by atoms with Crippen molar-refractivity contribution in [1.82, 2.24) is 9.62 Å². The molecule has 10 heteroatoms. The number of ether oxygens (including phenoxy) is 2. The Morgan fingerprint density at radius 2 is 1.93 bits per heavy atom. The Morgan fingerprint density at radius 3 is 2.61 bits per heavy atom. The van der Waals surface area contributed by atoms with Gasteiger partial charge in [0.15, 0.2) is 6.61 Å². The van der Waals surface area contributed by atoms with Gasteiger partial charge in [0, 0.05) is 18.7 Å². The molecule has 2 aliphatic heterocycles. The first kappa shape index (κ1) is 20.3. The fourth-order valence-electron chi connectivity index (χ4n) is 3.20. The van der Waals surface area contributed by atoms with Crippen LogP contribution in [0.4, 0.5) is 0 Å². The van der Waals surface area contributed by atoms with Crippen molar-refractivity contribution in [2.75, 3.05) is 19.7 Å². The zero-order valence-corrected chi connectivity index (χ0v) is 16.7. The van der Waals surface area contributed by atoms with Crippen molar-refractivity contribution in [3.63, 3.8) is 0 Å². The van der Waals surface area contributed by atoms with E-state index < -0.39 is 28.6 Å². The highest BCUT2D eigenvalue weighted by molar-refractivity contribution is 7.90. The molecule has 1 amide bonds. The highest BCUT2D eigenvalue weighted by Gasteiger charge is 2.32. The lowest BCUT2D eigenvalue weighted by Crippen LogP contribution is -2.49. The first-order valence-corrected chi connectivity index (χ1v) is 10.5. The number of carbonyl (C=O) groups excluding carboxylic acids is 2. The summed E-state index contributed by atoms with van der Waals surface area (Å²) < 4.78 is 37.2. The van der Waals surface area contributed by atoms with Crippen LogP contribution >= 0.6 is 0 Å². The molecule has 9 nitrogen and oxygen atoms in total. The molecular formula is C18H23N3O6S. The van der Waals surface area contributed by atoms with Gasteiger partial charge in [-0.05, 0) is 32.9 Å². The van der Waals surface area contributed by atoms with Crippen molar-refractivity contribution in [1.29, 1.82) is 0 Å². The number of esters is 1. The molecule has 3 rings (SSSR count). The third-order valence-corrected chi connectivity index (χ3v) is 5.83. The average molecular weight is 409 g/mol. The van der Waals surface area contributed by atoms with E-state index in [9.17, 15) is 18.0 Å². The predicted molar refractivity (Wildman–Crippen MR) is 100 cm³/mol. The summed E-state index contributed by atoms with van der Waals surface area (Å²) in [6.07, 6.45) is -0.159. The molecule has 0 aromatic heterocycles. The smallest absolute Gasteiger partial charge is 0.331 e. The molecule has 3 atom stereocenters. The second-order valence-electron chi connectivity index (χ2n) is 6.92. The molecule has 0 unspecified atom stereocenters. The third-order valence-electron chi connectivity index (χ3n) is 4.44. The van der Waals surface area contributed by atoms with Gasteiger partial charge >= 0.3 is 5.97 Å². The topological polar surface area (TPSA) is 114 Å². The van der Waals surface area contributed by atoms with Crippen LogP contribution in [0.2, 0.25) is 0 Å². The van der Waals surface area contributed by atoms with E-state index in [-0.39, 0.29) is 28.8 Å². The van der Waals surface area contributed by atoms with Gasteiger partial charge in [-0.1, -0.05) is 12.1 Å². The van der Waals surface area contributed by atoms with Crippen molar-refractivity contribution >= 4 is 27.7 Å². The van der Waals surface area contributed by atoms with E-state index in [4.69, 9.17) is 9.47 Å². The van der Waals surface area contributed by atoms with Gasteiger partial charge in [-0.15, -0.1) is 0 Å². The van der Waals surface area contributed by atoms with Crippen LogP contribution in [0.25, 0.3) is 0 Å². The predicted octanol–water partition coefficient (Wildman–Crippen LogP) is 0.293. The number of nitrogens with zero attached hydrogens (tertiary/aromatic N) is 2. The summed E-state index contributed by atoms with van der Waals surface area (Å²) in [4.78, 5) is 30.3. The molecule has 1 aromatic carbocycles. The van der Waals surface area contributed by atoms with Crippen molar-refractivity contribution < 1.29 is 27.5 Å². The Bertz CT molecular complexity index is 904. The van der Waals surface area contributed by atoms with Crippen LogP contribution in [-0.2, 0) is 29.1 Å². The molecule has 0 saturated carbocycles. The van der Waals surface area contributed by atoms with Gasteiger partial charge in [0.25, 0.3) is 15.9 Å². The first-order chi connectivity index (χ1) is 13.2. The lowest BCUT2D eigenvalue weighted by Gasteiger charge is -2.35. The van der Waals surface area contributed by atoms with E-state index >= 15 is 0 Å². The molecule has 2 heterocycles. The maximum atomic E-state index is 12.3. The SMILES string of the molecule is C[C@@H]1CN(C(=O)COC(=O)[C@H](C)N=C2NS(=O)(=O)c3ccccc32)C[C@@H](C)O1. The van der Waals surface area contributed by atoms with Gasteiger partial charge in [-0.2, -0.15) is 0 Å². The van der Waals surface area contributed by atoms with Crippen molar-refractivity contribution in [2.45, 2.75) is 43.9 Å². The van der Waals surface area contributed by atoms with Crippen LogP contribution < -0.4 is 4.72 Å². The minimum absolute atomic E-state index is 0.0795. The Hall–Kier alpha value is -2.46. The zero-order valence-electron chi connectivity index (χ0n) is 15.9. The van der Waals surface area contributed by atoms with Crippen molar-refractivity contribution in [2.24, 2.45) is 4.99 Å². The largest absolute Gasteiger partial charge is 0.454 e. The highest BCUT2D eigenvalue weighted by atomic mass is 32.2. The maximum absolute atomic E-state index is 12.3. The average Bonchev–Trinajstić information content (AvgIpc) is 2.89. The number of aliphatic imine (C=N–C) groups is 1. The number of morpholine rings is 1. The van der Waals surface area contributed by atoms with E-state index in [1.165, 1.54) is 13.0 Å². The summed E-state index contributed by atoms with van der Waals surface area (Å²) in [5.41, 5.74) is 0.398. The normalized spacial score (nSPS) is 25.7. The molecule has 0 radical (unpaired) electrons. The lowest BCUT2D eigenvalue weighted by molar-refractivity contribution is -0.157. The van der Waals surface area contributed by atoms with Crippen LogP contribution in [0, 0.1) is 0 Å². The molecule has 0 aliphatic carbocycles. The van der Waals surface area contributed by atoms with E-state index in [2.05, 4.69) is 9.71 Å². The standard InChI is InChI=1S/C18H23N3O6S/c1-11-8-21(9-12(2)27-11)16(22)10-26-18(23)13(3)19-17-14-6-4-5-7-15(14)28(24,25)20-17/h4-7,11-13H,8-10H2,1-3H3,(H,19,20)/t11-,12-,13+/m1/s1. The molecule has 0 bridgehead atoms. The lowest BCUT2D eigenvalue weighted by atomic mass is 10.2. The van der Waals surface area contributed by atoms with Crippen LogP contribution in [-0.4, -0.2) is 69.0 Å². The molecule has 1 N–H and O–H groups in total. The fraction of sp³-hybridized carbons (Fsp3) is 0.500. The second-order valence-corrected chi connectivity index (χ2v) is 8.57. The number of fused-ring (bicyclic) bond motifs is 1. The minimum Gasteiger partial charge on any atom is -0.454 e. The Morgan fingerprint density at radius 1 is 1.29 bits per heavy atom. The maximum Gasteiger partial charge on any atom is 0.331 e. The van der Waals surface area contributed by atoms with E-state index in [1.54, 1.807) is 23.1 Å². The van der Waals surface area contributed by atoms with Crippen LogP contribution in [0.3, 0.4) is 0 Å². The molecule has 0 spiro atoms. The summed E-state index contributed by atoms with van der Waals surface area (Å²) in [6, 6.07) is 5.39. The summed E-state index contributed by atoms with van der Waals surface area (Å²) in [5, 5.41) is 0. The molecule has 152 valence electrons. The van der Waals surface area contributed by atoms with Crippen LogP contribution in [0.15, 0.2) is 34.2 Å². The number of amidine groups is 1. The first-order valence-electron chi connectivity index (χ1n) is 8.97. The highest BCUT2D eigenvalue weighted by Crippen LogP contribution is 2.22. The quantitative estimate of drug-likeness (QED) is 0.715. The van der Waals surface area contributed by atoms with Gasteiger partial charge < -0.3 is 14.4 Å². The molecule has 1 saturated heterocycles. The molecular weight excluding hydrogens is 386 g/mol. The monoisotopic (exact) mass is 409 g/mol. The summed E-state index contributed by atoms with van der Waals surface area (Å²) in [7, 11) is -3.68. The van der Waals surface area contributed by atoms with Gasteiger partial charge in [0.05, 0.1) is 17.1 Å². The number of rotatable bonds is 4. The van der Waals surface area contributed by atoms with Crippen LogP contribution in [0.1, 0.15) is 26.3 Å². The van der Waals surface area contributed by atoms with Gasteiger partial charge in [0.1, 0.15) is 11.9 Å². The Kier molecular flexibility index (Phi) is 5.71. The summed E-state index contributed by atoms with van der Waals surface area (Å²) in [6.45, 7) is 5.72. The van der Waals surface area contributed by atoms with E-state index in [0.29, 0.717) is 18.7 Å². The second kappa shape index (κ2) is 7.88.